The van der Waals surface area contributed by atoms with Crippen molar-refractivity contribution < 1.29 is 9.53 Å². The zero-order chi connectivity index (χ0) is 11.3. The van der Waals surface area contributed by atoms with Crippen LogP contribution in [0.4, 0.5) is 11.4 Å². The quantitative estimate of drug-likeness (QED) is 0.444. The number of hydrogen-bond acceptors (Lipinski definition) is 4. The summed E-state index contributed by atoms with van der Waals surface area (Å²) in [5, 5.41) is 0. The van der Waals surface area contributed by atoms with E-state index < -0.39 is 0 Å². The lowest BCUT2D eigenvalue weighted by molar-refractivity contribution is -0.141. The maximum Gasteiger partial charge on any atom is 0.302 e. The predicted octanol–water partition coefficient (Wildman–Crippen LogP) is 1.35. The molecule has 0 bridgehead atoms. The van der Waals surface area contributed by atoms with E-state index in [0.29, 0.717) is 18.0 Å². The summed E-state index contributed by atoms with van der Waals surface area (Å²) < 4.78 is 4.82. The standard InChI is InChI=1S/C11H16N2O2/c1-8(14)15-6-2-3-9-4-5-10(12)7-11(9)13/h4-5,7H,2-3,6,12-13H2,1H3. The van der Waals surface area contributed by atoms with Crippen molar-refractivity contribution in [3.63, 3.8) is 0 Å². The number of ether oxygens (including phenoxy) is 1. The van der Waals surface area contributed by atoms with Crippen molar-refractivity contribution in [2.75, 3.05) is 18.1 Å². The van der Waals surface area contributed by atoms with Crippen LogP contribution in [0.3, 0.4) is 0 Å². The highest BCUT2D eigenvalue weighted by Crippen LogP contribution is 2.17. The molecular formula is C11H16N2O2. The molecular weight excluding hydrogens is 192 g/mol. The van der Waals surface area contributed by atoms with Gasteiger partial charge < -0.3 is 16.2 Å². The molecule has 0 aromatic heterocycles. The number of benzene rings is 1. The van der Waals surface area contributed by atoms with Gasteiger partial charge in [0, 0.05) is 18.3 Å². The Morgan fingerprint density at radius 2 is 2.13 bits per heavy atom. The SMILES string of the molecule is CC(=O)OCCCc1ccc(N)cc1N. The van der Waals surface area contributed by atoms with Crippen LogP contribution in [-0.4, -0.2) is 12.6 Å². The number of hydrogen-bond donors (Lipinski definition) is 2. The van der Waals surface area contributed by atoms with Gasteiger partial charge in [-0.05, 0) is 30.5 Å². The molecule has 82 valence electrons. The maximum atomic E-state index is 10.5. The first-order chi connectivity index (χ1) is 7.09. The van der Waals surface area contributed by atoms with Gasteiger partial charge in [0.15, 0.2) is 0 Å². The van der Waals surface area contributed by atoms with E-state index in [1.165, 1.54) is 6.92 Å². The topological polar surface area (TPSA) is 78.3 Å². The first-order valence-electron chi connectivity index (χ1n) is 4.87. The molecule has 0 aliphatic carbocycles. The van der Waals surface area contributed by atoms with Crippen molar-refractivity contribution in [2.24, 2.45) is 0 Å². The molecule has 0 atom stereocenters. The van der Waals surface area contributed by atoms with Gasteiger partial charge in [0.1, 0.15) is 0 Å². The van der Waals surface area contributed by atoms with Gasteiger partial charge in [-0.3, -0.25) is 4.79 Å². The number of nitrogen functional groups attached to an aromatic ring is 2. The minimum absolute atomic E-state index is 0.250. The van der Waals surface area contributed by atoms with E-state index >= 15 is 0 Å². The molecule has 1 aromatic carbocycles. The summed E-state index contributed by atoms with van der Waals surface area (Å²) in [6.45, 7) is 1.83. The molecule has 4 N–H and O–H groups in total. The average molecular weight is 208 g/mol. The van der Waals surface area contributed by atoms with Gasteiger partial charge >= 0.3 is 5.97 Å². The number of anilines is 2. The maximum absolute atomic E-state index is 10.5. The summed E-state index contributed by atoms with van der Waals surface area (Å²) in [6, 6.07) is 5.46. The average Bonchev–Trinajstić information content (AvgIpc) is 2.14. The molecule has 0 spiro atoms. The summed E-state index contributed by atoms with van der Waals surface area (Å²) in [4.78, 5) is 10.5. The van der Waals surface area contributed by atoms with E-state index in [9.17, 15) is 4.79 Å². The number of nitrogens with two attached hydrogens (primary N) is 2. The normalized spacial score (nSPS) is 9.93. The van der Waals surface area contributed by atoms with Gasteiger partial charge in [-0.2, -0.15) is 0 Å². The molecule has 0 saturated heterocycles. The molecule has 0 unspecified atom stereocenters. The molecule has 0 heterocycles. The van der Waals surface area contributed by atoms with E-state index in [1.807, 2.05) is 12.1 Å². The van der Waals surface area contributed by atoms with Crippen molar-refractivity contribution in [3.8, 4) is 0 Å². The van der Waals surface area contributed by atoms with Crippen LogP contribution in [0.15, 0.2) is 18.2 Å². The number of aryl methyl sites for hydroxylation is 1. The van der Waals surface area contributed by atoms with Crippen LogP contribution in [-0.2, 0) is 16.0 Å². The molecule has 4 nitrogen and oxygen atoms in total. The molecule has 1 rings (SSSR count). The lowest BCUT2D eigenvalue weighted by Crippen LogP contribution is -2.03. The number of carbonyl (C=O) groups is 1. The Labute approximate surface area is 89.2 Å². The Morgan fingerprint density at radius 3 is 2.73 bits per heavy atom. The van der Waals surface area contributed by atoms with Crippen molar-refractivity contribution in [1.82, 2.24) is 0 Å². The van der Waals surface area contributed by atoms with Crippen molar-refractivity contribution in [1.29, 1.82) is 0 Å². The van der Waals surface area contributed by atoms with Crippen LogP contribution in [0, 0.1) is 0 Å². The van der Waals surface area contributed by atoms with Crippen LogP contribution in [0.5, 0.6) is 0 Å². The van der Waals surface area contributed by atoms with E-state index in [4.69, 9.17) is 16.2 Å². The molecule has 0 aliphatic rings. The fourth-order valence-corrected chi connectivity index (χ4v) is 1.32. The second-order valence-electron chi connectivity index (χ2n) is 3.40. The highest BCUT2D eigenvalue weighted by molar-refractivity contribution is 5.65. The van der Waals surface area contributed by atoms with Crippen LogP contribution >= 0.6 is 0 Å². The zero-order valence-electron chi connectivity index (χ0n) is 8.82. The Bertz CT molecular complexity index is 350. The number of carbonyl (C=O) groups excluding carboxylic acids is 1. The monoisotopic (exact) mass is 208 g/mol. The fraction of sp³-hybridized carbons (Fsp3) is 0.364. The molecule has 0 radical (unpaired) electrons. The van der Waals surface area contributed by atoms with Gasteiger partial charge in [0.05, 0.1) is 6.61 Å². The highest BCUT2D eigenvalue weighted by atomic mass is 16.5. The molecule has 1 aromatic rings. The first kappa shape index (κ1) is 11.4. The summed E-state index contributed by atoms with van der Waals surface area (Å²) in [5.41, 5.74) is 13.7. The third-order valence-electron chi connectivity index (χ3n) is 2.07. The second-order valence-corrected chi connectivity index (χ2v) is 3.40. The minimum Gasteiger partial charge on any atom is -0.466 e. The first-order valence-corrected chi connectivity index (χ1v) is 4.87. The third-order valence-corrected chi connectivity index (χ3v) is 2.07. The van der Waals surface area contributed by atoms with Crippen LogP contribution in [0.25, 0.3) is 0 Å². The van der Waals surface area contributed by atoms with E-state index in [2.05, 4.69) is 0 Å². The summed E-state index contributed by atoms with van der Waals surface area (Å²) in [6.07, 6.45) is 1.56. The molecule has 0 aliphatic heterocycles. The summed E-state index contributed by atoms with van der Waals surface area (Å²) >= 11 is 0. The van der Waals surface area contributed by atoms with Crippen molar-refractivity contribution in [2.45, 2.75) is 19.8 Å². The van der Waals surface area contributed by atoms with Crippen LogP contribution in [0.2, 0.25) is 0 Å². The largest absolute Gasteiger partial charge is 0.466 e. The summed E-state index contributed by atoms with van der Waals surface area (Å²) in [7, 11) is 0. The summed E-state index contributed by atoms with van der Waals surface area (Å²) in [5.74, 6) is -0.250. The fourth-order valence-electron chi connectivity index (χ4n) is 1.32. The van der Waals surface area contributed by atoms with Crippen LogP contribution in [0.1, 0.15) is 18.9 Å². The molecule has 0 fully saturated rings. The second kappa shape index (κ2) is 5.24. The van der Waals surface area contributed by atoms with Crippen molar-refractivity contribution in [3.05, 3.63) is 23.8 Å². The minimum atomic E-state index is -0.250. The Kier molecular flexibility index (Phi) is 3.97. The van der Waals surface area contributed by atoms with Gasteiger partial charge in [0.2, 0.25) is 0 Å². The zero-order valence-corrected chi connectivity index (χ0v) is 8.82. The van der Waals surface area contributed by atoms with Gasteiger partial charge in [0.25, 0.3) is 0 Å². The lowest BCUT2D eigenvalue weighted by atomic mass is 10.1. The lowest BCUT2D eigenvalue weighted by Gasteiger charge is -2.06. The van der Waals surface area contributed by atoms with E-state index in [-0.39, 0.29) is 5.97 Å². The Balaban J connectivity index is 2.40. The highest BCUT2D eigenvalue weighted by Gasteiger charge is 2.00. The number of rotatable bonds is 4. The predicted molar refractivity (Wildman–Crippen MR) is 60.2 cm³/mol. The Hall–Kier alpha value is -1.71. The van der Waals surface area contributed by atoms with Gasteiger partial charge in [-0.1, -0.05) is 6.07 Å². The van der Waals surface area contributed by atoms with Gasteiger partial charge in [-0.25, -0.2) is 0 Å². The van der Waals surface area contributed by atoms with Crippen molar-refractivity contribution >= 4 is 17.3 Å². The van der Waals surface area contributed by atoms with E-state index in [1.54, 1.807) is 6.07 Å². The van der Waals surface area contributed by atoms with Gasteiger partial charge in [-0.15, -0.1) is 0 Å². The molecule has 4 heteroatoms. The van der Waals surface area contributed by atoms with Crippen LogP contribution < -0.4 is 11.5 Å². The van der Waals surface area contributed by atoms with E-state index in [0.717, 1.165) is 18.4 Å². The molecule has 0 saturated carbocycles. The molecule has 15 heavy (non-hydrogen) atoms. The number of esters is 1. The Morgan fingerprint density at radius 1 is 1.40 bits per heavy atom. The third kappa shape index (κ3) is 3.89. The molecule has 0 amide bonds. The smallest absolute Gasteiger partial charge is 0.302 e.